The quantitative estimate of drug-likeness (QED) is 0.751. The van der Waals surface area contributed by atoms with Crippen LogP contribution in [0.2, 0.25) is 0 Å². The van der Waals surface area contributed by atoms with Gasteiger partial charge in [-0.3, -0.25) is 9.69 Å². The minimum Gasteiger partial charge on any atom is -0.341 e. The highest BCUT2D eigenvalue weighted by molar-refractivity contribution is 5.85. The van der Waals surface area contributed by atoms with Crippen molar-refractivity contribution in [1.82, 2.24) is 15.1 Å². The summed E-state index contributed by atoms with van der Waals surface area (Å²) < 4.78 is 0. The Labute approximate surface area is 188 Å². The number of carbonyl (C=O) groups excluding carboxylic acids is 1. The fourth-order valence-electron chi connectivity index (χ4n) is 5.47. The molecule has 3 aliphatic heterocycles. The first-order valence-electron chi connectivity index (χ1n) is 10.9. The van der Waals surface area contributed by atoms with Crippen molar-refractivity contribution in [3.05, 3.63) is 35.9 Å². The van der Waals surface area contributed by atoms with E-state index in [2.05, 4.69) is 52.4 Å². The van der Waals surface area contributed by atoms with Crippen molar-refractivity contribution < 1.29 is 4.79 Å². The Bertz CT molecular complexity index is 624. The molecule has 3 fully saturated rings. The van der Waals surface area contributed by atoms with Gasteiger partial charge < -0.3 is 10.2 Å². The van der Waals surface area contributed by atoms with Crippen molar-refractivity contribution in [3.63, 3.8) is 0 Å². The molecule has 1 aromatic carbocycles. The molecule has 4 nitrogen and oxygen atoms in total. The van der Waals surface area contributed by atoms with E-state index in [1.54, 1.807) is 0 Å². The van der Waals surface area contributed by atoms with E-state index in [9.17, 15) is 4.79 Å². The minimum absolute atomic E-state index is 0. The molecule has 0 saturated carbocycles. The summed E-state index contributed by atoms with van der Waals surface area (Å²) >= 11 is 0. The molecular formula is C23H37Cl2N3O. The predicted octanol–water partition coefficient (Wildman–Crippen LogP) is 3.91. The molecule has 164 valence electrons. The SMILES string of the molecule is CC(C(=O)N(C)C1CC2CCC(C1)N2)N1CCC(Cc2ccccc2)CC1.Cl.Cl. The van der Waals surface area contributed by atoms with E-state index in [0.29, 0.717) is 24.0 Å². The number of hydrogen-bond acceptors (Lipinski definition) is 3. The summed E-state index contributed by atoms with van der Waals surface area (Å²) in [6.45, 7) is 4.22. The van der Waals surface area contributed by atoms with Gasteiger partial charge in [0.2, 0.25) is 5.91 Å². The molecule has 0 aliphatic carbocycles. The van der Waals surface area contributed by atoms with E-state index in [4.69, 9.17) is 0 Å². The number of hydrogen-bond donors (Lipinski definition) is 1. The number of carbonyl (C=O) groups is 1. The van der Waals surface area contributed by atoms with E-state index >= 15 is 0 Å². The summed E-state index contributed by atoms with van der Waals surface area (Å²) in [4.78, 5) is 17.6. The largest absolute Gasteiger partial charge is 0.341 e. The van der Waals surface area contributed by atoms with Gasteiger partial charge in [-0.15, -0.1) is 24.8 Å². The summed E-state index contributed by atoms with van der Waals surface area (Å²) in [6, 6.07) is 12.5. The normalized spacial score (nSPS) is 28.1. The maximum atomic E-state index is 13.1. The second kappa shape index (κ2) is 11.0. The molecule has 29 heavy (non-hydrogen) atoms. The number of nitrogens with zero attached hydrogens (tertiary/aromatic N) is 2. The molecule has 1 aromatic rings. The molecule has 1 N–H and O–H groups in total. The van der Waals surface area contributed by atoms with Crippen LogP contribution < -0.4 is 5.32 Å². The lowest BCUT2D eigenvalue weighted by atomic mass is 9.89. The van der Waals surface area contributed by atoms with Crippen LogP contribution in [0.15, 0.2) is 30.3 Å². The highest BCUT2D eigenvalue weighted by Gasteiger charge is 2.38. The number of likely N-dealkylation sites (tertiary alicyclic amines) is 1. The van der Waals surface area contributed by atoms with E-state index < -0.39 is 0 Å². The Balaban J connectivity index is 0.00000150. The van der Waals surface area contributed by atoms with Gasteiger partial charge in [0, 0.05) is 25.2 Å². The second-order valence-corrected chi connectivity index (χ2v) is 9.06. The maximum absolute atomic E-state index is 13.1. The lowest BCUT2D eigenvalue weighted by Gasteiger charge is -2.40. The van der Waals surface area contributed by atoms with E-state index in [1.165, 1.54) is 37.7 Å². The van der Waals surface area contributed by atoms with Crippen molar-refractivity contribution in [3.8, 4) is 0 Å². The van der Waals surface area contributed by atoms with Crippen molar-refractivity contribution >= 4 is 30.7 Å². The Kier molecular flexibility index (Phi) is 9.27. The number of fused-ring (bicyclic) bond motifs is 2. The summed E-state index contributed by atoms with van der Waals surface area (Å²) in [6.07, 6.45) is 8.41. The predicted molar refractivity (Wildman–Crippen MR) is 124 cm³/mol. The van der Waals surface area contributed by atoms with E-state index in [-0.39, 0.29) is 30.9 Å². The molecule has 1 amide bonds. The van der Waals surface area contributed by atoms with Gasteiger partial charge in [0.1, 0.15) is 0 Å². The number of piperidine rings is 2. The van der Waals surface area contributed by atoms with Crippen LogP contribution in [0, 0.1) is 5.92 Å². The average molecular weight is 442 g/mol. The molecule has 6 heteroatoms. The standard InChI is InChI=1S/C23H35N3O.2ClH/c1-17(23(27)25(2)22-15-20-8-9-21(16-22)24-20)26-12-10-19(11-13-26)14-18-6-4-3-5-7-18;;/h3-7,17,19-22,24H,8-16H2,1-2H3;2*1H. The highest BCUT2D eigenvalue weighted by atomic mass is 35.5. The van der Waals surface area contributed by atoms with Crippen molar-refractivity contribution in [1.29, 1.82) is 0 Å². The molecule has 2 bridgehead atoms. The smallest absolute Gasteiger partial charge is 0.239 e. The van der Waals surface area contributed by atoms with Crippen LogP contribution in [-0.2, 0) is 11.2 Å². The molecule has 3 atom stereocenters. The van der Waals surface area contributed by atoms with Crippen molar-refractivity contribution in [2.24, 2.45) is 5.92 Å². The number of amides is 1. The number of likely N-dealkylation sites (N-methyl/N-ethyl adjacent to an activating group) is 1. The topological polar surface area (TPSA) is 35.6 Å². The summed E-state index contributed by atoms with van der Waals surface area (Å²) in [5.74, 6) is 1.08. The molecule has 3 heterocycles. The number of halogens is 2. The monoisotopic (exact) mass is 441 g/mol. The molecule has 4 rings (SSSR count). The summed E-state index contributed by atoms with van der Waals surface area (Å²) in [7, 11) is 2.04. The Morgan fingerprint density at radius 1 is 1.07 bits per heavy atom. The fraction of sp³-hybridized carbons (Fsp3) is 0.696. The maximum Gasteiger partial charge on any atom is 0.239 e. The number of rotatable bonds is 5. The minimum atomic E-state index is 0. The zero-order valence-electron chi connectivity index (χ0n) is 17.8. The van der Waals surface area contributed by atoms with Crippen LogP contribution in [-0.4, -0.2) is 60.0 Å². The van der Waals surface area contributed by atoms with Gasteiger partial charge in [-0.1, -0.05) is 30.3 Å². The fourth-order valence-corrected chi connectivity index (χ4v) is 5.47. The molecule has 0 aromatic heterocycles. The molecule has 0 spiro atoms. The first-order chi connectivity index (χ1) is 13.1. The van der Waals surface area contributed by atoms with Crippen LogP contribution in [0.4, 0.5) is 0 Å². The Hall–Kier alpha value is -0.810. The van der Waals surface area contributed by atoms with Gasteiger partial charge in [-0.2, -0.15) is 0 Å². The van der Waals surface area contributed by atoms with Gasteiger partial charge in [-0.05, 0) is 76.4 Å². The molecular weight excluding hydrogens is 405 g/mol. The third-order valence-electron chi connectivity index (χ3n) is 7.26. The van der Waals surface area contributed by atoms with Crippen LogP contribution in [0.3, 0.4) is 0 Å². The van der Waals surface area contributed by atoms with Gasteiger partial charge in [-0.25, -0.2) is 0 Å². The van der Waals surface area contributed by atoms with Crippen LogP contribution in [0.1, 0.15) is 51.0 Å². The van der Waals surface area contributed by atoms with Crippen LogP contribution >= 0.6 is 24.8 Å². The number of benzene rings is 1. The van der Waals surface area contributed by atoms with Crippen LogP contribution in [0.25, 0.3) is 0 Å². The Morgan fingerprint density at radius 2 is 1.66 bits per heavy atom. The van der Waals surface area contributed by atoms with Gasteiger partial charge in [0.25, 0.3) is 0 Å². The summed E-state index contributed by atoms with van der Waals surface area (Å²) in [5, 5.41) is 3.68. The van der Waals surface area contributed by atoms with Gasteiger partial charge >= 0.3 is 0 Å². The molecule has 3 aliphatic rings. The third-order valence-corrected chi connectivity index (χ3v) is 7.26. The van der Waals surface area contributed by atoms with Gasteiger partial charge in [0.15, 0.2) is 0 Å². The first-order valence-corrected chi connectivity index (χ1v) is 10.9. The lowest BCUT2D eigenvalue weighted by molar-refractivity contribution is -0.138. The van der Waals surface area contributed by atoms with E-state index in [1.807, 2.05) is 7.05 Å². The summed E-state index contributed by atoms with van der Waals surface area (Å²) in [5.41, 5.74) is 1.44. The highest BCUT2D eigenvalue weighted by Crippen LogP contribution is 2.30. The molecule has 0 radical (unpaired) electrons. The number of nitrogens with one attached hydrogen (secondary N) is 1. The zero-order valence-corrected chi connectivity index (χ0v) is 19.4. The zero-order chi connectivity index (χ0) is 18.8. The lowest BCUT2D eigenvalue weighted by Crippen LogP contribution is -2.54. The van der Waals surface area contributed by atoms with E-state index in [0.717, 1.165) is 31.8 Å². The van der Waals surface area contributed by atoms with Crippen LogP contribution in [0.5, 0.6) is 0 Å². The Morgan fingerprint density at radius 3 is 2.24 bits per heavy atom. The van der Waals surface area contributed by atoms with Crippen molar-refractivity contribution in [2.45, 2.75) is 76.0 Å². The third kappa shape index (κ3) is 5.88. The van der Waals surface area contributed by atoms with Gasteiger partial charge in [0.05, 0.1) is 6.04 Å². The first kappa shape index (κ1) is 24.5. The average Bonchev–Trinajstić information content (AvgIpc) is 3.05. The molecule has 3 unspecified atom stereocenters. The molecule has 3 saturated heterocycles. The van der Waals surface area contributed by atoms with Crippen molar-refractivity contribution in [2.75, 3.05) is 20.1 Å². The second-order valence-electron chi connectivity index (χ2n) is 9.06.